The highest BCUT2D eigenvalue weighted by atomic mass is 19.1. The first-order valence-corrected chi connectivity index (χ1v) is 3.70. The predicted molar refractivity (Wildman–Crippen MR) is 46.1 cm³/mol. The van der Waals surface area contributed by atoms with Gasteiger partial charge in [0.1, 0.15) is 5.83 Å². The zero-order chi connectivity index (χ0) is 9.68. The summed E-state index contributed by atoms with van der Waals surface area (Å²) >= 11 is 0. The summed E-state index contributed by atoms with van der Waals surface area (Å²) in [4.78, 5) is 0. The standard InChI is InChI=1S/C7H10FN5/c1-5(8)6(3-4-9-2)7-10-12-13-11-7/h3-4,9H,1-2H3,(H,10,11,12,13)/b4-3-,6-5-. The minimum atomic E-state index is -0.343. The molecule has 0 bridgehead atoms. The number of nitrogens with zero attached hydrogens (tertiary/aromatic N) is 3. The lowest BCUT2D eigenvalue weighted by Crippen LogP contribution is -1.93. The van der Waals surface area contributed by atoms with Gasteiger partial charge in [0.2, 0.25) is 0 Å². The Labute approximate surface area is 74.7 Å². The lowest BCUT2D eigenvalue weighted by Gasteiger charge is -1.95. The SMILES string of the molecule is CN/C=C\C(=C(/C)F)c1nnn[nH]1. The Bertz CT molecular complexity index is 310. The van der Waals surface area contributed by atoms with Crippen molar-refractivity contribution in [3.8, 4) is 0 Å². The largest absolute Gasteiger partial charge is 0.394 e. The smallest absolute Gasteiger partial charge is 0.182 e. The van der Waals surface area contributed by atoms with Gasteiger partial charge in [0.05, 0.1) is 5.57 Å². The fraction of sp³-hybridized carbons (Fsp3) is 0.286. The first-order valence-electron chi connectivity index (χ1n) is 3.70. The summed E-state index contributed by atoms with van der Waals surface area (Å²) in [6.45, 7) is 1.35. The maximum absolute atomic E-state index is 12.9. The van der Waals surface area contributed by atoms with Crippen molar-refractivity contribution in [2.75, 3.05) is 7.05 Å². The molecule has 5 nitrogen and oxygen atoms in total. The van der Waals surface area contributed by atoms with Gasteiger partial charge >= 0.3 is 0 Å². The Balaban J connectivity index is 2.96. The van der Waals surface area contributed by atoms with E-state index in [9.17, 15) is 4.39 Å². The van der Waals surface area contributed by atoms with Crippen LogP contribution in [0.25, 0.3) is 5.57 Å². The summed E-state index contributed by atoms with van der Waals surface area (Å²) in [7, 11) is 1.72. The molecule has 0 aliphatic heterocycles. The topological polar surface area (TPSA) is 66.5 Å². The van der Waals surface area contributed by atoms with Crippen LogP contribution in [0.1, 0.15) is 12.7 Å². The Morgan fingerprint density at radius 2 is 2.38 bits per heavy atom. The van der Waals surface area contributed by atoms with Crippen molar-refractivity contribution in [1.29, 1.82) is 0 Å². The van der Waals surface area contributed by atoms with Crippen molar-refractivity contribution in [2.45, 2.75) is 6.92 Å². The molecule has 0 aliphatic carbocycles. The molecule has 0 amide bonds. The Kier molecular flexibility index (Phi) is 3.13. The molecule has 1 heterocycles. The van der Waals surface area contributed by atoms with Gasteiger partial charge in [-0.25, -0.2) is 9.49 Å². The second kappa shape index (κ2) is 4.34. The third kappa shape index (κ3) is 2.36. The van der Waals surface area contributed by atoms with Crippen molar-refractivity contribution < 1.29 is 4.39 Å². The number of rotatable bonds is 3. The maximum atomic E-state index is 12.9. The molecule has 0 radical (unpaired) electrons. The molecule has 0 unspecified atom stereocenters. The second-order valence-corrected chi connectivity index (χ2v) is 2.32. The minimum absolute atomic E-state index is 0.312. The number of halogens is 1. The van der Waals surface area contributed by atoms with E-state index < -0.39 is 0 Å². The summed E-state index contributed by atoms with van der Waals surface area (Å²) in [6, 6.07) is 0. The summed E-state index contributed by atoms with van der Waals surface area (Å²) in [5, 5.41) is 15.5. The molecule has 0 saturated carbocycles. The number of hydrogen-bond donors (Lipinski definition) is 2. The Hall–Kier alpha value is -1.72. The molecule has 0 aliphatic rings. The summed E-state index contributed by atoms with van der Waals surface area (Å²) in [5.41, 5.74) is 0.333. The van der Waals surface area contributed by atoms with Crippen molar-refractivity contribution >= 4 is 5.57 Å². The van der Waals surface area contributed by atoms with Gasteiger partial charge in [-0.2, -0.15) is 0 Å². The van der Waals surface area contributed by atoms with E-state index in [0.717, 1.165) is 0 Å². The number of aromatic nitrogens is 4. The lowest BCUT2D eigenvalue weighted by molar-refractivity contribution is 0.643. The molecule has 0 saturated heterocycles. The molecule has 0 aromatic carbocycles. The van der Waals surface area contributed by atoms with Crippen molar-refractivity contribution in [1.82, 2.24) is 25.9 Å². The fourth-order valence-corrected chi connectivity index (χ4v) is 0.797. The van der Waals surface area contributed by atoms with Gasteiger partial charge in [-0.05, 0) is 29.6 Å². The maximum Gasteiger partial charge on any atom is 0.182 e. The van der Waals surface area contributed by atoms with Crippen LogP contribution in [0.5, 0.6) is 0 Å². The van der Waals surface area contributed by atoms with Gasteiger partial charge in [0.25, 0.3) is 0 Å². The van der Waals surface area contributed by atoms with Gasteiger partial charge in [0.15, 0.2) is 5.82 Å². The van der Waals surface area contributed by atoms with E-state index in [2.05, 4.69) is 25.9 Å². The first kappa shape index (κ1) is 9.37. The molecule has 1 rings (SSSR count). The van der Waals surface area contributed by atoms with E-state index in [4.69, 9.17) is 0 Å². The number of aromatic amines is 1. The van der Waals surface area contributed by atoms with Crippen LogP contribution in [-0.2, 0) is 0 Å². The van der Waals surface area contributed by atoms with Gasteiger partial charge in [-0.1, -0.05) is 0 Å². The molecule has 1 aromatic heterocycles. The number of H-pyrrole nitrogens is 1. The molecular formula is C7H10FN5. The predicted octanol–water partition coefficient (Wildman–Crippen LogP) is 0.633. The third-order valence-electron chi connectivity index (χ3n) is 1.39. The van der Waals surface area contributed by atoms with Crippen LogP contribution in [0, 0.1) is 0 Å². The van der Waals surface area contributed by atoms with E-state index >= 15 is 0 Å². The van der Waals surface area contributed by atoms with E-state index in [0.29, 0.717) is 11.4 Å². The molecule has 70 valence electrons. The van der Waals surface area contributed by atoms with Crippen LogP contribution in [0.15, 0.2) is 18.1 Å². The molecule has 0 fully saturated rings. The van der Waals surface area contributed by atoms with E-state index in [1.807, 2.05) is 0 Å². The molecule has 2 N–H and O–H groups in total. The van der Waals surface area contributed by atoms with E-state index in [1.165, 1.54) is 6.92 Å². The van der Waals surface area contributed by atoms with Crippen LogP contribution >= 0.6 is 0 Å². The summed E-state index contributed by atoms with van der Waals surface area (Å²) < 4.78 is 12.9. The number of hydrogen-bond acceptors (Lipinski definition) is 4. The van der Waals surface area contributed by atoms with E-state index in [-0.39, 0.29) is 5.83 Å². The molecule has 0 atom stereocenters. The first-order chi connectivity index (χ1) is 6.25. The number of nitrogens with one attached hydrogen (secondary N) is 2. The summed E-state index contributed by atoms with van der Waals surface area (Å²) in [5.74, 6) is -0.0310. The molecule has 1 aromatic rings. The normalized spacial score (nSPS) is 13.2. The zero-order valence-electron chi connectivity index (χ0n) is 7.37. The van der Waals surface area contributed by atoms with Gasteiger partial charge in [0, 0.05) is 7.05 Å². The fourth-order valence-electron chi connectivity index (χ4n) is 0.797. The van der Waals surface area contributed by atoms with Crippen LogP contribution in [0.4, 0.5) is 4.39 Å². The van der Waals surface area contributed by atoms with Gasteiger partial charge in [-0.3, -0.25) is 0 Å². The Morgan fingerprint density at radius 3 is 2.85 bits per heavy atom. The molecule has 0 spiro atoms. The quantitative estimate of drug-likeness (QED) is 0.674. The average molecular weight is 183 g/mol. The summed E-state index contributed by atoms with van der Waals surface area (Å²) in [6.07, 6.45) is 3.15. The van der Waals surface area contributed by atoms with Crippen molar-refractivity contribution in [3.63, 3.8) is 0 Å². The molecular weight excluding hydrogens is 173 g/mol. The van der Waals surface area contributed by atoms with Gasteiger partial charge in [-0.15, -0.1) is 5.10 Å². The minimum Gasteiger partial charge on any atom is -0.394 e. The highest BCUT2D eigenvalue weighted by molar-refractivity contribution is 5.70. The van der Waals surface area contributed by atoms with Gasteiger partial charge < -0.3 is 5.32 Å². The van der Waals surface area contributed by atoms with Crippen molar-refractivity contribution in [3.05, 3.63) is 23.9 Å². The van der Waals surface area contributed by atoms with Crippen LogP contribution in [-0.4, -0.2) is 27.7 Å². The highest BCUT2D eigenvalue weighted by Crippen LogP contribution is 2.15. The highest BCUT2D eigenvalue weighted by Gasteiger charge is 2.05. The monoisotopic (exact) mass is 183 g/mol. The zero-order valence-corrected chi connectivity index (χ0v) is 7.37. The molecule has 6 heteroatoms. The van der Waals surface area contributed by atoms with Crippen molar-refractivity contribution in [2.24, 2.45) is 0 Å². The lowest BCUT2D eigenvalue weighted by atomic mass is 10.2. The average Bonchev–Trinajstić information content (AvgIpc) is 2.57. The molecule has 13 heavy (non-hydrogen) atoms. The van der Waals surface area contributed by atoms with Crippen LogP contribution in [0.3, 0.4) is 0 Å². The van der Waals surface area contributed by atoms with E-state index in [1.54, 1.807) is 19.3 Å². The second-order valence-electron chi connectivity index (χ2n) is 2.32. The Morgan fingerprint density at radius 1 is 1.62 bits per heavy atom. The number of allylic oxidation sites excluding steroid dienone is 3. The van der Waals surface area contributed by atoms with Crippen LogP contribution < -0.4 is 5.32 Å². The third-order valence-corrected chi connectivity index (χ3v) is 1.39. The number of tetrazole rings is 1. The van der Waals surface area contributed by atoms with Crippen LogP contribution in [0.2, 0.25) is 0 Å².